The Morgan fingerprint density at radius 3 is 2.44 bits per heavy atom. The molecule has 1 aliphatic rings. The third-order valence-corrected chi connectivity index (χ3v) is 5.14. The molecule has 0 saturated carbocycles. The minimum Gasteiger partial charge on any atom is -0.493 e. The van der Waals surface area contributed by atoms with E-state index in [1.807, 2.05) is 23.1 Å². The van der Waals surface area contributed by atoms with E-state index in [4.69, 9.17) is 9.47 Å². The van der Waals surface area contributed by atoms with Crippen LogP contribution < -0.4 is 14.8 Å². The Balaban J connectivity index is 1.77. The summed E-state index contributed by atoms with van der Waals surface area (Å²) in [7, 11) is 3.22. The van der Waals surface area contributed by atoms with Crippen LogP contribution in [0.4, 0.5) is 0 Å². The zero-order valence-corrected chi connectivity index (χ0v) is 16.3. The van der Waals surface area contributed by atoms with E-state index >= 15 is 0 Å². The van der Waals surface area contributed by atoms with E-state index in [1.54, 1.807) is 14.2 Å². The van der Waals surface area contributed by atoms with Crippen molar-refractivity contribution < 1.29 is 14.3 Å². The van der Waals surface area contributed by atoms with E-state index in [1.165, 1.54) is 11.1 Å². The number of carbonyl (C=O) groups is 1. The number of carbonyl (C=O) groups excluding carboxylic acids is 1. The fourth-order valence-corrected chi connectivity index (χ4v) is 3.54. The number of ether oxygens (including phenoxy) is 2. The summed E-state index contributed by atoms with van der Waals surface area (Å²) in [5.74, 6) is 1.45. The van der Waals surface area contributed by atoms with Crippen molar-refractivity contribution in [2.75, 3.05) is 33.9 Å². The molecule has 2 aromatic rings. The van der Waals surface area contributed by atoms with Gasteiger partial charge in [0, 0.05) is 19.6 Å². The summed E-state index contributed by atoms with van der Waals surface area (Å²) in [6.07, 6.45) is 1.37. The molecule has 5 nitrogen and oxygen atoms in total. The summed E-state index contributed by atoms with van der Waals surface area (Å²) in [6, 6.07) is 14.3. The van der Waals surface area contributed by atoms with Gasteiger partial charge in [0.05, 0.1) is 26.7 Å². The van der Waals surface area contributed by atoms with Crippen molar-refractivity contribution in [3.63, 3.8) is 0 Å². The smallest absolute Gasteiger partial charge is 0.227 e. The standard InChI is InChI=1S/C22H28N2O3/c1-4-16-5-8-18(9-6-16)19-15-23-11-12-24(19)22(25)14-17-7-10-20(26-2)21(13-17)27-3/h5-10,13,19,23H,4,11-12,14-15H2,1-3H3. The van der Waals surface area contributed by atoms with Gasteiger partial charge in [0.1, 0.15) is 0 Å². The van der Waals surface area contributed by atoms with Crippen molar-refractivity contribution in [1.82, 2.24) is 10.2 Å². The Morgan fingerprint density at radius 2 is 1.78 bits per heavy atom. The van der Waals surface area contributed by atoms with Gasteiger partial charge in [-0.25, -0.2) is 0 Å². The first-order valence-electron chi connectivity index (χ1n) is 9.46. The van der Waals surface area contributed by atoms with Gasteiger partial charge in [-0.3, -0.25) is 4.79 Å². The Hall–Kier alpha value is -2.53. The number of methoxy groups -OCH3 is 2. The highest BCUT2D eigenvalue weighted by atomic mass is 16.5. The SMILES string of the molecule is CCc1ccc(C2CNCCN2C(=O)Cc2ccc(OC)c(OC)c2)cc1. The Bertz CT molecular complexity index is 774. The first-order chi connectivity index (χ1) is 13.2. The van der Waals surface area contributed by atoms with Gasteiger partial charge >= 0.3 is 0 Å². The summed E-state index contributed by atoms with van der Waals surface area (Å²) in [5.41, 5.74) is 3.42. The molecule has 1 N–H and O–H groups in total. The molecule has 1 saturated heterocycles. The number of hydrogen-bond donors (Lipinski definition) is 1. The van der Waals surface area contributed by atoms with E-state index < -0.39 is 0 Å². The lowest BCUT2D eigenvalue weighted by atomic mass is 10.00. The topological polar surface area (TPSA) is 50.8 Å². The van der Waals surface area contributed by atoms with Crippen LogP contribution in [0.15, 0.2) is 42.5 Å². The van der Waals surface area contributed by atoms with E-state index in [2.05, 4.69) is 36.5 Å². The first-order valence-corrected chi connectivity index (χ1v) is 9.46. The van der Waals surface area contributed by atoms with Crippen molar-refractivity contribution >= 4 is 5.91 Å². The van der Waals surface area contributed by atoms with Gasteiger partial charge in [0.2, 0.25) is 5.91 Å². The van der Waals surface area contributed by atoms with Gasteiger partial charge in [0.25, 0.3) is 0 Å². The molecule has 0 radical (unpaired) electrons. The Morgan fingerprint density at radius 1 is 1.07 bits per heavy atom. The highest BCUT2D eigenvalue weighted by Gasteiger charge is 2.27. The predicted molar refractivity (Wildman–Crippen MR) is 106 cm³/mol. The summed E-state index contributed by atoms with van der Waals surface area (Å²) in [6.45, 7) is 4.47. The molecule has 1 unspecified atom stereocenters. The van der Waals surface area contributed by atoms with Crippen molar-refractivity contribution in [3.8, 4) is 11.5 Å². The molecule has 0 aromatic heterocycles. The largest absolute Gasteiger partial charge is 0.493 e. The van der Waals surface area contributed by atoms with Gasteiger partial charge < -0.3 is 19.7 Å². The maximum Gasteiger partial charge on any atom is 0.227 e. The average molecular weight is 368 g/mol. The Labute approximate surface area is 161 Å². The number of benzene rings is 2. The molecule has 1 fully saturated rings. The molecular weight excluding hydrogens is 340 g/mol. The zero-order chi connectivity index (χ0) is 19.2. The predicted octanol–water partition coefficient (Wildman–Crippen LogP) is 2.98. The fraction of sp³-hybridized carbons (Fsp3) is 0.409. The molecule has 3 rings (SSSR count). The van der Waals surface area contributed by atoms with Gasteiger partial charge in [0.15, 0.2) is 11.5 Å². The number of nitrogens with zero attached hydrogens (tertiary/aromatic N) is 1. The maximum absolute atomic E-state index is 13.1. The second-order valence-electron chi connectivity index (χ2n) is 6.77. The highest BCUT2D eigenvalue weighted by Crippen LogP contribution is 2.29. The number of nitrogens with one attached hydrogen (secondary N) is 1. The Kier molecular flexibility index (Phi) is 6.35. The molecule has 0 spiro atoms. The van der Waals surface area contributed by atoms with Crippen LogP contribution in [0.5, 0.6) is 11.5 Å². The lowest BCUT2D eigenvalue weighted by Crippen LogP contribution is -2.49. The average Bonchev–Trinajstić information content (AvgIpc) is 2.73. The molecule has 1 aliphatic heterocycles. The second-order valence-corrected chi connectivity index (χ2v) is 6.77. The summed E-state index contributed by atoms with van der Waals surface area (Å²) in [4.78, 5) is 15.0. The van der Waals surface area contributed by atoms with E-state index in [0.717, 1.165) is 25.1 Å². The van der Waals surface area contributed by atoms with E-state index in [-0.39, 0.29) is 11.9 Å². The van der Waals surface area contributed by atoms with Gasteiger partial charge in [-0.15, -0.1) is 0 Å². The van der Waals surface area contributed by atoms with Gasteiger partial charge in [-0.05, 0) is 35.2 Å². The van der Waals surface area contributed by atoms with Crippen LogP contribution in [0.2, 0.25) is 0 Å². The normalized spacial score (nSPS) is 16.9. The van der Waals surface area contributed by atoms with Crippen molar-refractivity contribution in [2.45, 2.75) is 25.8 Å². The molecule has 1 heterocycles. The highest BCUT2D eigenvalue weighted by molar-refractivity contribution is 5.79. The maximum atomic E-state index is 13.1. The van der Waals surface area contributed by atoms with Gasteiger partial charge in [-0.1, -0.05) is 37.3 Å². The van der Waals surface area contributed by atoms with Crippen molar-refractivity contribution in [2.24, 2.45) is 0 Å². The quantitative estimate of drug-likeness (QED) is 0.852. The van der Waals surface area contributed by atoms with Crippen LogP contribution in [-0.4, -0.2) is 44.7 Å². The molecule has 5 heteroatoms. The van der Waals surface area contributed by atoms with E-state index in [0.29, 0.717) is 24.5 Å². The first kappa shape index (κ1) is 19.2. The molecule has 144 valence electrons. The van der Waals surface area contributed by atoms with Crippen LogP contribution in [0.25, 0.3) is 0 Å². The van der Waals surface area contributed by atoms with E-state index in [9.17, 15) is 4.79 Å². The van der Waals surface area contributed by atoms with Crippen molar-refractivity contribution in [3.05, 3.63) is 59.2 Å². The van der Waals surface area contributed by atoms with Crippen LogP contribution in [-0.2, 0) is 17.6 Å². The lowest BCUT2D eigenvalue weighted by molar-refractivity contribution is -0.133. The molecule has 1 amide bonds. The minimum absolute atomic E-state index is 0.0669. The molecule has 0 aliphatic carbocycles. The van der Waals surface area contributed by atoms with Crippen molar-refractivity contribution in [1.29, 1.82) is 0 Å². The molecule has 2 aromatic carbocycles. The second kappa shape index (κ2) is 8.91. The van der Waals surface area contributed by atoms with Crippen LogP contribution >= 0.6 is 0 Å². The molecule has 0 bridgehead atoms. The van der Waals surface area contributed by atoms with Gasteiger partial charge in [-0.2, -0.15) is 0 Å². The number of hydrogen-bond acceptors (Lipinski definition) is 4. The fourth-order valence-electron chi connectivity index (χ4n) is 3.54. The minimum atomic E-state index is 0.0669. The molecular formula is C22H28N2O3. The van der Waals surface area contributed by atoms with Crippen LogP contribution in [0.1, 0.15) is 29.7 Å². The summed E-state index contributed by atoms with van der Waals surface area (Å²) in [5, 5.41) is 3.41. The summed E-state index contributed by atoms with van der Waals surface area (Å²) >= 11 is 0. The number of amides is 1. The third-order valence-electron chi connectivity index (χ3n) is 5.14. The number of aryl methyl sites for hydroxylation is 1. The van der Waals surface area contributed by atoms with Crippen LogP contribution in [0, 0.1) is 0 Å². The summed E-state index contributed by atoms with van der Waals surface area (Å²) < 4.78 is 10.6. The monoisotopic (exact) mass is 368 g/mol. The molecule has 1 atom stereocenters. The molecule has 27 heavy (non-hydrogen) atoms. The lowest BCUT2D eigenvalue weighted by Gasteiger charge is -2.37. The zero-order valence-electron chi connectivity index (χ0n) is 16.3. The number of rotatable bonds is 6. The number of piperazine rings is 1. The third kappa shape index (κ3) is 4.42. The van der Waals surface area contributed by atoms with Crippen LogP contribution in [0.3, 0.4) is 0 Å².